The Morgan fingerprint density at radius 1 is 1.24 bits per heavy atom. The molecule has 0 unspecified atom stereocenters. The standard InChI is InChI=1S/C11H22BrNO3S/c12-7-4-8-16-10-13-17(14,15)9-11-5-2-1-3-6-11/h11,13H,1-10H2. The van der Waals surface area contributed by atoms with Gasteiger partial charge in [0.15, 0.2) is 0 Å². The fourth-order valence-electron chi connectivity index (χ4n) is 2.08. The second kappa shape index (κ2) is 8.45. The van der Waals surface area contributed by atoms with Crippen LogP contribution in [0.5, 0.6) is 0 Å². The number of alkyl halides is 1. The van der Waals surface area contributed by atoms with E-state index in [1.165, 1.54) is 19.3 Å². The van der Waals surface area contributed by atoms with Crippen molar-refractivity contribution < 1.29 is 13.2 Å². The van der Waals surface area contributed by atoms with Gasteiger partial charge in [0, 0.05) is 11.9 Å². The Morgan fingerprint density at radius 2 is 1.94 bits per heavy atom. The van der Waals surface area contributed by atoms with Crippen LogP contribution in [-0.4, -0.2) is 32.8 Å². The molecule has 102 valence electrons. The molecular weight excluding hydrogens is 306 g/mol. The van der Waals surface area contributed by atoms with Gasteiger partial charge in [-0.25, -0.2) is 8.42 Å². The van der Waals surface area contributed by atoms with Gasteiger partial charge < -0.3 is 4.74 Å². The zero-order chi connectivity index (χ0) is 12.6. The second-order valence-electron chi connectivity index (χ2n) is 4.52. The number of hydrogen-bond acceptors (Lipinski definition) is 3. The van der Waals surface area contributed by atoms with Gasteiger partial charge in [0.05, 0.1) is 5.75 Å². The third-order valence-corrected chi connectivity index (χ3v) is 5.01. The summed E-state index contributed by atoms with van der Waals surface area (Å²) in [4.78, 5) is 0. The van der Waals surface area contributed by atoms with E-state index in [0.717, 1.165) is 24.6 Å². The van der Waals surface area contributed by atoms with Crippen LogP contribution in [0.3, 0.4) is 0 Å². The molecule has 0 spiro atoms. The number of rotatable bonds is 8. The van der Waals surface area contributed by atoms with E-state index in [-0.39, 0.29) is 12.5 Å². The largest absolute Gasteiger partial charge is 0.365 e. The van der Waals surface area contributed by atoms with Crippen molar-refractivity contribution in [3.63, 3.8) is 0 Å². The van der Waals surface area contributed by atoms with Crippen LogP contribution in [0.1, 0.15) is 38.5 Å². The average Bonchev–Trinajstić information content (AvgIpc) is 2.29. The Hall–Kier alpha value is 0.350. The molecule has 1 N–H and O–H groups in total. The maximum atomic E-state index is 11.7. The van der Waals surface area contributed by atoms with Crippen molar-refractivity contribution in [2.75, 3.05) is 24.4 Å². The first-order valence-corrected chi connectivity index (χ1v) is 9.02. The van der Waals surface area contributed by atoms with E-state index in [4.69, 9.17) is 4.74 Å². The van der Waals surface area contributed by atoms with E-state index >= 15 is 0 Å². The lowest BCUT2D eigenvalue weighted by atomic mass is 9.91. The first kappa shape index (κ1) is 15.4. The van der Waals surface area contributed by atoms with Gasteiger partial charge in [-0.3, -0.25) is 0 Å². The van der Waals surface area contributed by atoms with E-state index in [2.05, 4.69) is 20.7 Å². The van der Waals surface area contributed by atoms with Crippen molar-refractivity contribution in [1.29, 1.82) is 0 Å². The fourth-order valence-corrected chi connectivity index (χ4v) is 3.65. The number of nitrogens with one attached hydrogen (secondary N) is 1. The molecule has 0 aromatic carbocycles. The van der Waals surface area contributed by atoms with Crippen molar-refractivity contribution >= 4 is 26.0 Å². The Balaban J connectivity index is 2.16. The molecule has 0 atom stereocenters. The number of sulfonamides is 1. The van der Waals surface area contributed by atoms with Gasteiger partial charge in [0.25, 0.3) is 0 Å². The van der Waals surface area contributed by atoms with Crippen LogP contribution in [0.15, 0.2) is 0 Å². The molecule has 0 amide bonds. The normalized spacial score (nSPS) is 18.4. The molecular formula is C11H22BrNO3S. The van der Waals surface area contributed by atoms with Gasteiger partial charge in [-0.15, -0.1) is 0 Å². The van der Waals surface area contributed by atoms with E-state index in [1.807, 2.05) is 0 Å². The number of ether oxygens (including phenoxy) is 1. The number of halogens is 1. The van der Waals surface area contributed by atoms with Crippen molar-refractivity contribution in [2.45, 2.75) is 38.5 Å². The maximum absolute atomic E-state index is 11.7. The van der Waals surface area contributed by atoms with Gasteiger partial charge in [0.2, 0.25) is 10.0 Å². The van der Waals surface area contributed by atoms with Crippen LogP contribution in [0.2, 0.25) is 0 Å². The Kier molecular flexibility index (Phi) is 7.66. The summed E-state index contributed by atoms with van der Waals surface area (Å²) in [6, 6.07) is 0. The first-order valence-electron chi connectivity index (χ1n) is 6.25. The van der Waals surface area contributed by atoms with Crippen molar-refractivity contribution in [2.24, 2.45) is 5.92 Å². The van der Waals surface area contributed by atoms with E-state index < -0.39 is 10.0 Å². The highest BCUT2D eigenvalue weighted by atomic mass is 79.9. The van der Waals surface area contributed by atoms with E-state index in [9.17, 15) is 8.42 Å². The van der Waals surface area contributed by atoms with E-state index in [0.29, 0.717) is 12.5 Å². The van der Waals surface area contributed by atoms with Crippen LogP contribution in [0.25, 0.3) is 0 Å². The topological polar surface area (TPSA) is 55.4 Å². The predicted octanol–water partition coefficient (Wildman–Crippen LogP) is 2.25. The van der Waals surface area contributed by atoms with Crippen molar-refractivity contribution in [3.8, 4) is 0 Å². The Morgan fingerprint density at radius 3 is 2.59 bits per heavy atom. The molecule has 0 radical (unpaired) electrons. The lowest BCUT2D eigenvalue weighted by Crippen LogP contribution is -2.32. The molecule has 0 heterocycles. The molecule has 0 aromatic rings. The van der Waals surface area contributed by atoms with Gasteiger partial charge in [0.1, 0.15) is 6.73 Å². The van der Waals surface area contributed by atoms with Gasteiger partial charge in [-0.2, -0.15) is 4.72 Å². The maximum Gasteiger partial charge on any atom is 0.213 e. The number of hydrogen-bond donors (Lipinski definition) is 1. The van der Waals surface area contributed by atoms with E-state index in [1.54, 1.807) is 0 Å². The lowest BCUT2D eigenvalue weighted by molar-refractivity contribution is 0.132. The molecule has 4 nitrogen and oxygen atoms in total. The molecule has 1 rings (SSSR count). The summed E-state index contributed by atoms with van der Waals surface area (Å²) in [7, 11) is -3.16. The monoisotopic (exact) mass is 327 g/mol. The molecule has 1 saturated carbocycles. The molecule has 0 aromatic heterocycles. The molecule has 1 aliphatic rings. The van der Waals surface area contributed by atoms with Gasteiger partial charge >= 0.3 is 0 Å². The average molecular weight is 328 g/mol. The van der Waals surface area contributed by atoms with Crippen LogP contribution < -0.4 is 4.72 Å². The van der Waals surface area contributed by atoms with Gasteiger partial charge in [-0.05, 0) is 25.2 Å². The minimum Gasteiger partial charge on any atom is -0.365 e. The van der Waals surface area contributed by atoms with Gasteiger partial charge in [-0.1, -0.05) is 35.2 Å². The Bertz CT molecular complexity index is 289. The van der Waals surface area contributed by atoms with Crippen LogP contribution in [0.4, 0.5) is 0 Å². The summed E-state index contributed by atoms with van der Waals surface area (Å²) < 4.78 is 31.1. The highest BCUT2D eigenvalue weighted by molar-refractivity contribution is 9.09. The summed E-state index contributed by atoms with van der Waals surface area (Å²) in [6.07, 6.45) is 6.57. The summed E-state index contributed by atoms with van der Waals surface area (Å²) in [5.74, 6) is 0.596. The van der Waals surface area contributed by atoms with Crippen molar-refractivity contribution in [1.82, 2.24) is 4.72 Å². The fraction of sp³-hybridized carbons (Fsp3) is 1.00. The zero-order valence-corrected chi connectivity index (χ0v) is 12.6. The molecule has 6 heteroatoms. The quantitative estimate of drug-likeness (QED) is 0.422. The first-order chi connectivity index (χ1) is 8.14. The highest BCUT2D eigenvalue weighted by Crippen LogP contribution is 2.24. The lowest BCUT2D eigenvalue weighted by Gasteiger charge is -2.21. The van der Waals surface area contributed by atoms with Crippen molar-refractivity contribution in [3.05, 3.63) is 0 Å². The summed E-state index contributed by atoms with van der Waals surface area (Å²) >= 11 is 3.29. The molecule has 0 bridgehead atoms. The molecule has 17 heavy (non-hydrogen) atoms. The molecule has 1 aliphatic carbocycles. The predicted molar refractivity (Wildman–Crippen MR) is 72.7 cm³/mol. The zero-order valence-electron chi connectivity index (χ0n) is 10.2. The SMILES string of the molecule is O=S(=O)(CC1CCCCC1)NCOCCCBr. The summed E-state index contributed by atoms with van der Waals surface area (Å²) in [6.45, 7) is 0.680. The second-order valence-corrected chi connectivity index (χ2v) is 7.17. The highest BCUT2D eigenvalue weighted by Gasteiger charge is 2.20. The molecule has 0 aliphatic heterocycles. The third-order valence-electron chi connectivity index (χ3n) is 2.98. The Labute approximate surface area is 113 Å². The minimum atomic E-state index is -3.16. The minimum absolute atomic E-state index is 0.0993. The molecule has 0 saturated heterocycles. The van der Waals surface area contributed by atoms with Crippen LogP contribution in [0, 0.1) is 5.92 Å². The summed E-state index contributed by atoms with van der Waals surface area (Å²) in [5.41, 5.74) is 0. The smallest absolute Gasteiger partial charge is 0.213 e. The summed E-state index contributed by atoms with van der Waals surface area (Å²) in [5, 5.41) is 0.877. The van der Waals surface area contributed by atoms with Crippen LogP contribution >= 0.6 is 15.9 Å². The third kappa shape index (κ3) is 7.39. The van der Waals surface area contributed by atoms with Crippen LogP contribution in [-0.2, 0) is 14.8 Å². The molecule has 1 fully saturated rings.